The van der Waals surface area contributed by atoms with Gasteiger partial charge in [-0.25, -0.2) is 4.79 Å². The predicted molar refractivity (Wildman–Crippen MR) is 44.2 cm³/mol. The summed E-state index contributed by atoms with van der Waals surface area (Å²) in [6.07, 6.45) is 1.04. The summed E-state index contributed by atoms with van der Waals surface area (Å²) in [5.41, 5.74) is 0. The van der Waals surface area contributed by atoms with Crippen molar-refractivity contribution in [2.24, 2.45) is 0 Å². The molecule has 7 heteroatoms. The molecule has 0 spiro atoms. The van der Waals surface area contributed by atoms with Gasteiger partial charge in [-0.05, 0) is 12.8 Å². The van der Waals surface area contributed by atoms with Crippen molar-refractivity contribution in [3.63, 3.8) is 0 Å². The topological polar surface area (TPSA) is 46.5 Å². The molecule has 0 amide bonds. The average molecular weight is 274 g/mol. The molecule has 0 radical (unpaired) electrons. The molecule has 3 nitrogen and oxygen atoms in total. The van der Waals surface area contributed by atoms with Crippen LogP contribution in [0.3, 0.4) is 0 Å². The molecule has 1 aliphatic heterocycles. The fraction of sp³-hybridized carbons (Fsp3) is 0.800. The predicted octanol–water partition coefficient (Wildman–Crippen LogP) is 2.32. The van der Waals surface area contributed by atoms with E-state index in [9.17, 15) is 4.79 Å². The van der Waals surface area contributed by atoms with E-state index in [2.05, 4.69) is 0 Å². The Morgan fingerprint density at radius 1 is 1.50 bits per heavy atom. The molecular formula is C5H8Cl3CrO3. The van der Waals surface area contributed by atoms with Gasteiger partial charge in [0.05, 0.1) is 0 Å². The number of hydrogen-bond acceptors (Lipinski definition) is 2. The van der Waals surface area contributed by atoms with E-state index < -0.39 is 23.5 Å². The van der Waals surface area contributed by atoms with E-state index in [0.29, 0.717) is 13.0 Å². The molecular weight excluding hydrogens is 266 g/mol. The van der Waals surface area contributed by atoms with Gasteiger partial charge in [0.15, 0.2) is 6.10 Å². The van der Waals surface area contributed by atoms with Crippen LogP contribution in [0.5, 0.6) is 0 Å². The van der Waals surface area contributed by atoms with E-state index in [-0.39, 0.29) is 0 Å². The minimum absolute atomic E-state index is 0.519. The second-order valence-corrected chi connectivity index (χ2v) is 8.33. The van der Waals surface area contributed by atoms with Crippen molar-refractivity contribution in [2.75, 3.05) is 6.61 Å². The van der Waals surface area contributed by atoms with Crippen LogP contribution < -0.4 is 0 Å². The van der Waals surface area contributed by atoms with Crippen molar-refractivity contribution in [1.82, 2.24) is 0 Å². The first-order valence-electron chi connectivity index (χ1n) is 3.11. The summed E-state index contributed by atoms with van der Waals surface area (Å²) in [7, 11) is 14.8. The molecule has 1 N–H and O–H groups in total. The Morgan fingerprint density at radius 3 is 2.17 bits per heavy atom. The van der Waals surface area contributed by atoms with Gasteiger partial charge >= 0.3 is 47.5 Å². The Balaban J connectivity index is 0.000000261. The van der Waals surface area contributed by atoms with Gasteiger partial charge in [0, 0.05) is 6.61 Å². The third-order valence-corrected chi connectivity index (χ3v) is 1.21. The monoisotopic (exact) mass is 273 g/mol. The SMILES string of the molecule is O=C(O)C1CCCO1.[Cl][Cr]([Cl])[Cl]. The van der Waals surface area contributed by atoms with Crippen molar-refractivity contribution in [2.45, 2.75) is 18.9 Å². The van der Waals surface area contributed by atoms with Gasteiger partial charge < -0.3 is 9.84 Å². The van der Waals surface area contributed by atoms with Gasteiger partial charge in [-0.3, -0.25) is 0 Å². The van der Waals surface area contributed by atoms with Crippen molar-refractivity contribution in [3.05, 3.63) is 0 Å². The number of carbonyl (C=O) groups is 1. The fourth-order valence-corrected chi connectivity index (χ4v) is 0.772. The van der Waals surface area contributed by atoms with Crippen LogP contribution in [0.15, 0.2) is 0 Å². The van der Waals surface area contributed by atoms with Gasteiger partial charge in [-0.15, -0.1) is 0 Å². The van der Waals surface area contributed by atoms with Crippen molar-refractivity contribution in [3.8, 4) is 0 Å². The zero-order valence-corrected chi connectivity index (χ0v) is 9.55. The average Bonchev–Trinajstić information content (AvgIpc) is 2.34. The maximum atomic E-state index is 10.1. The van der Waals surface area contributed by atoms with Crippen molar-refractivity contribution >= 4 is 36.1 Å². The number of carboxylic acids is 1. The first-order valence-corrected chi connectivity index (χ1v) is 8.37. The Labute approximate surface area is 87.5 Å². The molecule has 1 unspecified atom stereocenters. The summed E-state index contributed by atoms with van der Waals surface area (Å²) in [6.45, 7) is 0.608. The van der Waals surface area contributed by atoms with Gasteiger partial charge in [-0.1, -0.05) is 0 Å². The Kier molecular flexibility index (Phi) is 7.76. The van der Waals surface area contributed by atoms with E-state index in [1.165, 1.54) is 0 Å². The molecule has 0 bridgehead atoms. The van der Waals surface area contributed by atoms with Crippen LogP contribution in [0.4, 0.5) is 0 Å². The Morgan fingerprint density at radius 2 is 2.00 bits per heavy atom. The molecule has 0 aromatic heterocycles. The Bertz CT molecular complexity index is 135. The molecule has 1 saturated heterocycles. The molecule has 0 saturated carbocycles. The second-order valence-electron chi connectivity index (χ2n) is 2.01. The summed E-state index contributed by atoms with van der Waals surface area (Å²) in [6, 6.07) is 0. The van der Waals surface area contributed by atoms with Gasteiger partial charge in [0.2, 0.25) is 0 Å². The standard InChI is InChI=1S/C5H8O3.3ClH.Cr/c6-5(7)4-2-1-3-8-4;;;;/h4H,1-3H2,(H,6,7);3*1H;/q;;;;+3/p-3. The maximum absolute atomic E-state index is 10.1. The summed E-state index contributed by atoms with van der Waals surface area (Å²) in [4.78, 5) is 10.1. The molecule has 1 rings (SSSR count). The normalized spacial score (nSPS) is 21.8. The van der Waals surface area contributed by atoms with Crippen molar-refractivity contribution in [1.29, 1.82) is 0 Å². The molecule has 1 aliphatic rings. The van der Waals surface area contributed by atoms with Crippen LogP contribution in [0, 0.1) is 0 Å². The number of hydrogen-bond donors (Lipinski definition) is 1. The van der Waals surface area contributed by atoms with Gasteiger partial charge in [-0.2, -0.15) is 0 Å². The number of aliphatic carboxylic acids is 1. The quantitative estimate of drug-likeness (QED) is 0.798. The molecule has 1 fully saturated rings. The summed E-state index contributed by atoms with van der Waals surface area (Å²) < 4.78 is 4.81. The zero-order chi connectivity index (χ0) is 9.56. The van der Waals surface area contributed by atoms with Crippen LogP contribution in [-0.2, 0) is 20.9 Å². The van der Waals surface area contributed by atoms with Crippen LogP contribution in [0.25, 0.3) is 0 Å². The minimum atomic E-state index is -1.62. The molecule has 1 atom stereocenters. The molecule has 12 heavy (non-hydrogen) atoms. The fourth-order valence-electron chi connectivity index (χ4n) is 0.772. The third-order valence-electron chi connectivity index (χ3n) is 1.21. The molecule has 1 heterocycles. The van der Waals surface area contributed by atoms with E-state index >= 15 is 0 Å². The van der Waals surface area contributed by atoms with E-state index in [0.717, 1.165) is 6.42 Å². The molecule has 0 aromatic carbocycles. The number of carboxylic acid groups (broad SMARTS) is 1. The zero-order valence-electron chi connectivity index (χ0n) is 6.00. The number of rotatable bonds is 1. The van der Waals surface area contributed by atoms with Gasteiger partial charge in [0.25, 0.3) is 0 Å². The third kappa shape index (κ3) is 7.48. The van der Waals surface area contributed by atoms with Crippen molar-refractivity contribution < 1.29 is 26.0 Å². The number of halogens is 3. The molecule has 73 valence electrons. The molecule has 0 aliphatic carbocycles. The number of ether oxygens (including phenoxy) is 1. The first-order chi connectivity index (χ1) is 5.54. The van der Waals surface area contributed by atoms with Gasteiger partial charge in [0.1, 0.15) is 0 Å². The van der Waals surface area contributed by atoms with Crippen LogP contribution in [0.1, 0.15) is 12.8 Å². The van der Waals surface area contributed by atoms with E-state index in [4.69, 9.17) is 40.0 Å². The second kappa shape index (κ2) is 7.26. The summed E-state index contributed by atoms with van der Waals surface area (Å²) >= 11 is -1.62. The summed E-state index contributed by atoms with van der Waals surface area (Å²) in [5.74, 6) is -0.831. The Hall–Kier alpha value is 0.832. The van der Waals surface area contributed by atoms with Crippen LogP contribution in [0.2, 0.25) is 0 Å². The molecule has 0 aromatic rings. The summed E-state index contributed by atoms with van der Waals surface area (Å²) in [5, 5.41) is 8.29. The van der Waals surface area contributed by atoms with E-state index in [1.54, 1.807) is 0 Å². The van der Waals surface area contributed by atoms with E-state index in [1.807, 2.05) is 0 Å². The first kappa shape index (κ1) is 12.8. The van der Waals surface area contributed by atoms with Crippen LogP contribution in [-0.4, -0.2) is 23.8 Å². The van der Waals surface area contributed by atoms with Crippen LogP contribution >= 0.6 is 30.1 Å².